The second-order valence-electron chi connectivity index (χ2n) is 4.64. The lowest BCUT2D eigenvalue weighted by atomic mass is 9.74. The van der Waals surface area contributed by atoms with Crippen LogP contribution in [0, 0.1) is 11.3 Å². The molecule has 0 radical (unpaired) electrons. The summed E-state index contributed by atoms with van der Waals surface area (Å²) in [5, 5.41) is 19.0. The zero-order chi connectivity index (χ0) is 12.2. The monoisotopic (exact) mass is 286 g/mol. The fraction of sp³-hybridized carbons (Fsp3) is 0.538. The van der Waals surface area contributed by atoms with E-state index in [0.717, 1.165) is 10.0 Å². The van der Waals surface area contributed by atoms with Crippen LogP contribution in [-0.2, 0) is 6.42 Å². The van der Waals surface area contributed by atoms with Crippen LogP contribution in [0.15, 0.2) is 28.7 Å². The SMILES string of the molecule is CC(C)C(CO)(CO)Cc1ccc(Br)cc1. The van der Waals surface area contributed by atoms with E-state index in [4.69, 9.17) is 0 Å². The molecule has 3 heteroatoms. The van der Waals surface area contributed by atoms with Crippen LogP contribution in [0.3, 0.4) is 0 Å². The lowest BCUT2D eigenvalue weighted by Gasteiger charge is -2.34. The molecule has 0 aromatic heterocycles. The van der Waals surface area contributed by atoms with Gasteiger partial charge in [0.2, 0.25) is 0 Å². The molecular formula is C13H19BrO2. The Morgan fingerprint density at radius 2 is 1.62 bits per heavy atom. The summed E-state index contributed by atoms with van der Waals surface area (Å²) in [4.78, 5) is 0. The van der Waals surface area contributed by atoms with Gasteiger partial charge in [-0.2, -0.15) is 0 Å². The third-order valence-electron chi connectivity index (χ3n) is 3.32. The van der Waals surface area contributed by atoms with Gasteiger partial charge in [-0.3, -0.25) is 0 Å². The smallest absolute Gasteiger partial charge is 0.0515 e. The van der Waals surface area contributed by atoms with Crippen molar-refractivity contribution < 1.29 is 10.2 Å². The topological polar surface area (TPSA) is 40.5 Å². The van der Waals surface area contributed by atoms with Crippen molar-refractivity contribution in [2.75, 3.05) is 13.2 Å². The van der Waals surface area contributed by atoms with E-state index >= 15 is 0 Å². The summed E-state index contributed by atoms with van der Waals surface area (Å²) >= 11 is 3.39. The van der Waals surface area contributed by atoms with Gasteiger partial charge in [-0.25, -0.2) is 0 Å². The van der Waals surface area contributed by atoms with Gasteiger partial charge in [0.05, 0.1) is 13.2 Å². The first-order chi connectivity index (χ1) is 7.54. The molecule has 0 saturated heterocycles. The van der Waals surface area contributed by atoms with Crippen molar-refractivity contribution in [2.24, 2.45) is 11.3 Å². The van der Waals surface area contributed by atoms with E-state index < -0.39 is 5.41 Å². The van der Waals surface area contributed by atoms with E-state index in [1.807, 2.05) is 38.1 Å². The molecule has 0 unspecified atom stereocenters. The Hall–Kier alpha value is -0.380. The van der Waals surface area contributed by atoms with E-state index in [1.165, 1.54) is 0 Å². The molecule has 90 valence electrons. The van der Waals surface area contributed by atoms with Gasteiger partial charge in [0, 0.05) is 9.89 Å². The van der Waals surface area contributed by atoms with Crippen LogP contribution < -0.4 is 0 Å². The average molecular weight is 287 g/mol. The van der Waals surface area contributed by atoms with Gasteiger partial charge in [-0.1, -0.05) is 41.9 Å². The van der Waals surface area contributed by atoms with E-state index in [-0.39, 0.29) is 19.1 Å². The number of benzene rings is 1. The first-order valence-corrected chi connectivity index (χ1v) is 6.29. The number of aliphatic hydroxyl groups is 2. The first kappa shape index (κ1) is 13.7. The number of aliphatic hydroxyl groups excluding tert-OH is 2. The van der Waals surface area contributed by atoms with Crippen molar-refractivity contribution in [1.29, 1.82) is 0 Å². The Morgan fingerprint density at radius 1 is 1.12 bits per heavy atom. The van der Waals surface area contributed by atoms with Gasteiger partial charge in [0.1, 0.15) is 0 Å². The van der Waals surface area contributed by atoms with E-state index in [9.17, 15) is 10.2 Å². The molecule has 0 aliphatic carbocycles. The Bertz CT molecular complexity index is 315. The van der Waals surface area contributed by atoms with Crippen molar-refractivity contribution in [1.82, 2.24) is 0 Å². The summed E-state index contributed by atoms with van der Waals surface area (Å²) in [6, 6.07) is 8.00. The highest BCUT2D eigenvalue weighted by atomic mass is 79.9. The van der Waals surface area contributed by atoms with Crippen molar-refractivity contribution in [3.63, 3.8) is 0 Å². The molecule has 0 heterocycles. The third-order valence-corrected chi connectivity index (χ3v) is 3.85. The van der Waals surface area contributed by atoms with Gasteiger partial charge < -0.3 is 10.2 Å². The van der Waals surface area contributed by atoms with E-state index in [0.29, 0.717) is 6.42 Å². The Morgan fingerprint density at radius 3 is 2.00 bits per heavy atom. The average Bonchev–Trinajstić information content (AvgIpc) is 2.28. The molecule has 0 aliphatic heterocycles. The second kappa shape index (κ2) is 5.80. The van der Waals surface area contributed by atoms with Crippen LogP contribution in [0.25, 0.3) is 0 Å². The summed E-state index contributed by atoms with van der Waals surface area (Å²) in [6.45, 7) is 4.09. The van der Waals surface area contributed by atoms with Gasteiger partial charge in [-0.05, 0) is 30.0 Å². The molecule has 0 fully saturated rings. The molecule has 1 aromatic carbocycles. The predicted octanol–water partition coefficient (Wildman–Crippen LogP) is 2.62. The highest BCUT2D eigenvalue weighted by Crippen LogP contribution is 2.31. The summed E-state index contributed by atoms with van der Waals surface area (Å²) in [5.74, 6) is 0.242. The van der Waals surface area contributed by atoms with Gasteiger partial charge in [0.15, 0.2) is 0 Å². The van der Waals surface area contributed by atoms with Crippen molar-refractivity contribution in [3.05, 3.63) is 34.3 Å². The van der Waals surface area contributed by atoms with Gasteiger partial charge in [-0.15, -0.1) is 0 Å². The molecule has 0 aliphatic rings. The van der Waals surface area contributed by atoms with Crippen LogP contribution >= 0.6 is 15.9 Å². The number of hydrogen-bond acceptors (Lipinski definition) is 2. The van der Waals surface area contributed by atoms with Crippen molar-refractivity contribution >= 4 is 15.9 Å². The maximum Gasteiger partial charge on any atom is 0.0515 e. The maximum atomic E-state index is 9.49. The summed E-state index contributed by atoms with van der Waals surface area (Å²) in [6.07, 6.45) is 0.699. The lowest BCUT2D eigenvalue weighted by molar-refractivity contribution is 0.0163. The zero-order valence-corrected chi connectivity index (χ0v) is 11.4. The Kier molecular flexibility index (Phi) is 4.96. The Labute approximate surface area is 105 Å². The van der Waals surface area contributed by atoms with Gasteiger partial charge >= 0.3 is 0 Å². The molecule has 0 bridgehead atoms. The molecule has 16 heavy (non-hydrogen) atoms. The highest BCUT2D eigenvalue weighted by Gasteiger charge is 2.32. The van der Waals surface area contributed by atoms with Crippen LogP contribution in [0.4, 0.5) is 0 Å². The van der Waals surface area contributed by atoms with Gasteiger partial charge in [0.25, 0.3) is 0 Å². The van der Waals surface area contributed by atoms with Crippen LogP contribution in [0.1, 0.15) is 19.4 Å². The van der Waals surface area contributed by atoms with Crippen molar-refractivity contribution in [2.45, 2.75) is 20.3 Å². The highest BCUT2D eigenvalue weighted by molar-refractivity contribution is 9.10. The van der Waals surface area contributed by atoms with E-state index in [1.54, 1.807) is 0 Å². The molecule has 0 saturated carbocycles. The largest absolute Gasteiger partial charge is 0.396 e. The van der Waals surface area contributed by atoms with Crippen LogP contribution in [0.2, 0.25) is 0 Å². The molecule has 0 atom stereocenters. The molecule has 2 nitrogen and oxygen atoms in total. The second-order valence-corrected chi connectivity index (χ2v) is 5.55. The van der Waals surface area contributed by atoms with E-state index in [2.05, 4.69) is 15.9 Å². The van der Waals surface area contributed by atoms with Crippen molar-refractivity contribution in [3.8, 4) is 0 Å². The lowest BCUT2D eigenvalue weighted by Crippen LogP contribution is -2.37. The Balaban J connectivity index is 2.87. The summed E-state index contributed by atoms with van der Waals surface area (Å²) in [7, 11) is 0. The molecule has 0 amide bonds. The fourth-order valence-corrected chi connectivity index (χ4v) is 2.00. The summed E-state index contributed by atoms with van der Waals surface area (Å²) in [5.41, 5.74) is 0.716. The molecular weight excluding hydrogens is 268 g/mol. The number of rotatable bonds is 5. The third kappa shape index (κ3) is 3.06. The summed E-state index contributed by atoms with van der Waals surface area (Å²) < 4.78 is 1.04. The maximum absolute atomic E-state index is 9.49. The number of hydrogen-bond donors (Lipinski definition) is 2. The molecule has 1 rings (SSSR count). The molecule has 0 spiro atoms. The molecule has 2 N–H and O–H groups in total. The number of halogens is 1. The minimum Gasteiger partial charge on any atom is -0.396 e. The van der Waals surface area contributed by atoms with Crippen LogP contribution in [-0.4, -0.2) is 23.4 Å². The standard InChI is InChI=1S/C13H19BrO2/c1-10(2)13(8-15,9-16)7-11-3-5-12(14)6-4-11/h3-6,10,15-16H,7-9H2,1-2H3. The minimum absolute atomic E-state index is 0.0111. The normalized spacial score (nSPS) is 12.1. The predicted molar refractivity (Wildman–Crippen MR) is 69.3 cm³/mol. The quantitative estimate of drug-likeness (QED) is 0.874. The fourth-order valence-electron chi connectivity index (χ4n) is 1.74. The zero-order valence-electron chi connectivity index (χ0n) is 9.78. The van der Waals surface area contributed by atoms with Crippen LogP contribution in [0.5, 0.6) is 0 Å². The first-order valence-electron chi connectivity index (χ1n) is 5.50. The molecule has 1 aromatic rings. The minimum atomic E-state index is -0.423.